The minimum Gasteiger partial charge on any atom is -0.481 e. The summed E-state index contributed by atoms with van der Waals surface area (Å²) in [4.78, 5) is 13.4. The van der Waals surface area contributed by atoms with Gasteiger partial charge in [-0.15, -0.1) is 0 Å². The quantitative estimate of drug-likeness (QED) is 0.753. The Morgan fingerprint density at radius 3 is 2.75 bits per heavy atom. The lowest BCUT2D eigenvalue weighted by molar-refractivity contribution is -0.138. The fraction of sp³-hybridized carbons (Fsp3) is 0.188. The Balaban J connectivity index is 1.98. The zero-order valence-corrected chi connectivity index (χ0v) is 12.5. The van der Waals surface area contributed by atoms with E-state index in [4.69, 9.17) is 16.7 Å². The van der Waals surface area contributed by atoms with Crippen LogP contribution >= 0.6 is 23.4 Å². The fourth-order valence-electron chi connectivity index (χ4n) is 2.34. The molecule has 0 bridgehead atoms. The Kier molecular flexibility index (Phi) is 3.48. The SMILES string of the molecule is CC(C(=O)O)c1ccc2c(c1)Cc1ccc(Cl)cc1S2. The normalized spacial score (nSPS) is 14.3. The maximum atomic E-state index is 11.1. The number of fused-ring (bicyclic) bond motifs is 2. The van der Waals surface area contributed by atoms with Crippen LogP contribution in [0, 0.1) is 0 Å². The fourth-order valence-corrected chi connectivity index (χ4v) is 3.67. The van der Waals surface area contributed by atoms with Crippen molar-refractivity contribution < 1.29 is 9.90 Å². The van der Waals surface area contributed by atoms with E-state index in [9.17, 15) is 4.79 Å². The van der Waals surface area contributed by atoms with E-state index in [1.807, 2.05) is 36.4 Å². The van der Waals surface area contributed by atoms with E-state index in [0.717, 1.165) is 17.0 Å². The Morgan fingerprint density at radius 1 is 1.20 bits per heavy atom. The largest absolute Gasteiger partial charge is 0.481 e. The molecule has 0 amide bonds. The summed E-state index contributed by atoms with van der Waals surface area (Å²) in [6, 6.07) is 11.9. The minimum atomic E-state index is -0.791. The van der Waals surface area contributed by atoms with Crippen molar-refractivity contribution in [3.05, 3.63) is 58.1 Å². The summed E-state index contributed by atoms with van der Waals surface area (Å²) in [5, 5.41) is 9.85. The highest BCUT2D eigenvalue weighted by Gasteiger charge is 2.20. The molecule has 3 rings (SSSR count). The standard InChI is InChI=1S/C16H13ClO2S/c1-9(16(18)19)10-3-5-14-12(6-10)7-11-2-4-13(17)8-15(11)20-14/h2-6,8-9H,7H2,1H3,(H,18,19). The molecule has 0 saturated heterocycles. The highest BCUT2D eigenvalue weighted by Crippen LogP contribution is 2.41. The van der Waals surface area contributed by atoms with E-state index >= 15 is 0 Å². The summed E-state index contributed by atoms with van der Waals surface area (Å²) in [7, 11) is 0. The van der Waals surface area contributed by atoms with Gasteiger partial charge in [-0.1, -0.05) is 41.6 Å². The van der Waals surface area contributed by atoms with Crippen molar-refractivity contribution in [3.63, 3.8) is 0 Å². The van der Waals surface area contributed by atoms with E-state index in [-0.39, 0.29) is 0 Å². The van der Waals surface area contributed by atoms with E-state index in [1.54, 1.807) is 18.7 Å². The van der Waals surface area contributed by atoms with Crippen LogP contribution in [0.3, 0.4) is 0 Å². The summed E-state index contributed by atoms with van der Waals surface area (Å²) in [6.45, 7) is 1.72. The van der Waals surface area contributed by atoms with E-state index < -0.39 is 11.9 Å². The third-order valence-electron chi connectivity index (χ3n) is 3.58. The van der Waals surface area contributed by atoms with Crippen LogP contribution in [0.25, 0.3) is 0 Å². The van der Waals surface area contributed by atoms with Crippen LogP contribution in [0.4, 0.5) is 0 Å². The molecule has 1 N–H and O–H groups in total. The highest BCUT2D eigenvalue weighted by atomic mass is 35.5. The van der Waals surface area contributed by atoms with Crippen molar-refractivity contribution >= 4 is 29.3 Å². The van der Waals surface area contributed by atoms with Crippen molar-refractivity contribution in [2.75, 3.05) is 0 Å². The molecular weight excluding hydrogens is 292 g/mol. The molecule has 2 nitrogen and oxygen atoms in total. The van der Waals surface area contributed by atoms with Crippen molar-refractivity contribution in [1.82, 2.24) is 0 Å². The molecule has 1 unspecified atom stereocenters. The third kappa shape index (κ3) is 2.43. The van der Waals surface area contributed by atoms with Gasteiger partial charge in [0.25, 0.3) is 0 Å². The average molecular weight is 305 g/mol. The predicted molar refractivity (Wildman–Crippen MR) is 80.9 cm³/mol. The summed E-state index contributed by atoms with van der Waals surface area (Å²) in [5.74, 6) is -1.27. The smallest absolute Gasteiger partial charge is 0.310 e. The molecule has 2 aromatic rings. The maximum absolute atomic E-state index is 11.1. The predicted octanol–water partition coefficient (Wildman–Crippen LogP) is 4.58. The summed E-state index contributed by atoms with van der Waals surface area (Å²) < 4.78 is 0. The zero-order chi connectivity index (χ0) is 14.3. The Labute approximate surface area is 126 Å². The number of halogens is 1. The van der Waals surface area contributed by atoms with Crippen LogP contribution in [0.1, 0.15) is 29.5 Å². The van der Waals surface area contributed by atoms with Crippen LogP contribution in [0.15, 0.2) is 46.2 Å². The number of hydrogen-bond acceptors (Lipinski definition) is 2. The Hall–Kier alpha value is -1.45. The lowest BCUT2D eigenvalue weighted by Crippen LogP contribution is -2.09. The second-order valence-electron chi connectivity index (χ2n) is 4.96. The lowest BCUT2D eigenvalue weighted by atomic mass is 9.96. The average Bonchev–Trinajstić information content (AvgIpc) is 2.43. The monoisotopic (exact) mass is 304 g/mol. The van der Waals surface area contributed by atoms with Crippen LogP contribution < -0.4 is 0 Å². The molecule has 0 radical (unpaired) electrons. The van der Waals surface area contributed by atoms with Gasteiger partial charge in [0.15, 0.2) is 0 Å². The highest BCUT2D eigenvalue weighted by molar-refractivity contribution is 7.99. The zero-order valence-electron chi connectivity index (χ0n) is 10.9. The molecule has 1 aliphatic heterocycles. The second-order valence-corrected chi connectivity index (χ2v) is 6.48. The number of carboxylic acids is 1. The number of rotatable bonds is 2. The lowest BCUT2D eigenvalue weighted by Gasteiger charge is -2.20. The Bertz CT molecular complexity index is 697. The molecule has 20 heavy (non-hydrogen) atoms. The van der Waals surface area contributed by atoms with Gasteiger partial charge in [-0.2, -0.15) is 0 Å². The molecule has 1 aliphatic rings. The van der Waals surface area contributed by atoms with Crippen LogP contribution in [-0.2, 0) is 11.2 Å². The van der Waals surface area contributed by atoms with Crippen molar-refractivity contribution in [2.24, 2.45) is 0 Å². The first-order chi connectivity index (χ1) is 9.54. The number of benzene rings is 2. The van der Waals surface area contributed by atoms with Gasteiger partial charge in [-0.05, 0) is 48.2 Å². The van der Waals surface area contributed by atoms with E-state index in [2.05, 4.69) is 0 Å². The minimum absolute atomic E-state index is 0.475. The molecule has 0 fully saturated rings. The number of carboxylic acid groups (broad SMARTS) is 1. The van der Waals surface area contributed by atoms with Crippen LogP contribution in [-0.4, -0.2) is 11.1 Å². The molecule has 0 spiro atoms. The van der Waals surface area contributed by atoms with E-state index in [1.165, 1.54) is 20.9 Å². The van der Waals surface area contributed by atoms with Gasteiger partial charge in [0.2, 0.25) is 0 Å². The first kappa shape index (κ1) is 13.5. The molecule has 1 heterocycles. The third-order valence-corrected chi connectivity index (χ3v) is 5.04. The van der Waals surface area contributed by atoms with Gasteiger partial charge in [0.05, 0.1) is 5.92 Å². The topological polar surface area (TPSA) is 37.3 Å². The molecule has 102 valence electrons. The van der Waals surface area contributed by atoms with Gasteiger partial charge in [-0.3, -0.25) is 4.79 Å². The summed E-state index contributed by atoms with van der Waals surface area (Å²) >= 11 is 7.72. The Morgan fingerprint density at radius 2 is 2.00 bits per heavy atom. The van der Waals surface area contributed by atoms with Crippen molar-refractivity contribution in [3.8, 4) is 0 Å². The molecule has 4 heteroatoms. The van der Waals surface area contributed by atoms with Gasteiger partial charge < -0.3 is 5.11 Å². The van der Waals surface area contributed by atoms with Crippen molar-refractivity contribution in [2.45, 2.75) is 29.1 Å². The second kappa shape index (κ2) is 5.15. The number of hydrogen-bond donors (Lipinski definition) is 1. The van der Waals surface area contributed by atoms with E-state index in [0.29, 0.717) is 0 Å². The molecule has 2 aromatic carbocycles. The van der Waals surface area contributed by atoms with Crippen molar-refractivity contribution in [1.29, 1.82) is 0 Å². The number of aliphatic carboxylic acids is 1. The molecule has 1 atom stereocenters. The van der Waals surface area contributed by atoms with Gasteiger partial charge in [-0.25, -0.2) is 0 Å². The molecule has 0 aliphatic carbocycles. The number of carbonyl (C=O) groups is 1. The first-order valence-corrected chi connectivity index (χ1v) is 7.56. The van der Waals surface area contributed by atoms with Gasteiger partial charge >= 0.3 is 5.97 Å². The van der Waals surface area contributed by atoms with Gasteiger partial charge in [0.1, 0.15) is 0 Å². The molecular formula is C16H13ClO2S. The van der Waals surface area contributed by atoms with Gasteiger partial charge in [0, 0.05) is 14.8 Å². The summed E-state index contributed by atoms with van der Waals surface area (Å²) in [6.07, 6.45) is 0.828. The molecule has 0 aromatic heterocycles. The van der Waals surface area contributed by atoms with Crippen LogP contribution in [0.2, 0.25) is 5.02 Å². The van der Waals surface area contributed by atoms with Crippen LogP contribution in [0.5, 0.6) is 0 Å². The summed E-state index contributed by atoms with van der Waals surface area (Å²) in [5.41, 5.74) is 3.29. The first-order valence-electron chi connectivity index (χ1n) is 6.36. The molecule has 0 saturated carbocycles. The maximum Gasteiger partial charge on any atom is 0.310 e.